The van der Waals surface area contributed by atoms with Gasteiger partial charge >= 0.3 is 5.97 Å². The highest BCUT2D eigenvalue weighted by molar-refractivity contribution is 6.17. The van der Waals surface area contributed by atoms with Crippen molar-refractivity contribution >= 4 is 17.6 Å². The van der Waals surface area contributed by atoms with Crippen molar-refractivity contribution in [3.63, 3.8) is 0 Å². The Morgan fingerprint density at radius 1 is 1.65 bits per heavy atom. The van der Waals surface area contributed by atoms with E-state index in [1.165, 1.54) is 0 Å². The molecule has 1 aromatic rings. The number of hydrogen-bond acceptors (Lipinski definition) is 4. The van der Waals surface area contributed by atoms with Crippen molar-refractivity contribution < 1.29 is 23.4 Å². The van der Waals surface area contributed by atoms with Gasteiger partial charge in [-0.3, -0.25) is 0 Å². The molecule has 0 spiro atoms. The molecule has 0 radical (unpaired) electrons. The summed E-state index contributed by atoms with van der Waals surface area (Å²) in [7, 11) is 0. The lowest BCUT2D eigenvalue weighted by atomic mass is 10.2. The van der Waals surface area contributed by atoms with E-state index in [0.29, 0.717) is 0 Å². The van der Waals surface area contributed by atoms with Crippen LogP contribution in [0.15, 0.2) is 6.07 Å². The molecule has 0 aliphatic heterocycles. The van der Waals surface area contributed by atoms with Crippen molar-refractivity contribution in [2.24, 2.45) is 0 Å². The van der Waals surface area contributed by atoms with E-state index in [1.54, 1.807) is 6.92 Å². The van der Waals surface area contributed by atoms with Crippen LogP contribution in [0.3, 0.4) is 0 Å². The third kappa shape index (κ3) is 3.03. The maximum atomic E-state index is 12.6. The zero-order valence-corrected chi connectivity index (χ0v) is 9.67. The van der Waals surface area contributed by atoms with Gasteiger partial charge in [-0.25, -0.2) is 18.6 Å². The lowest BCUT2D eigenvalue weighted by molar-refractivity contribution is 0.0517. The first-order chi connectivity index (χ1) is 8.01. The highest BCUT2D eigenvalue weighted by atomic mass is 35.5. The summed E-state index contributed by atoms with van der Waals surface area (Å²) < 4.78 is 29.7. The lowest BCUT2D eigenvalue weighted by Crippen LogP contribution is -2.10. The van der Waals surface area contributed by atoms with Crippen LogP contribution in [-0.2, 0) is 10.6 Å². The second-order valence-electron chi connectivity index (χ2n) is 3.06. The predicted molar refractivity (Wildman–Crippen MR) is 56.4 cm³/mol. The number of carbonyl (C=O) groups is 1. The molecule has 1 N–H and O–H groups in total. The Hall–Kier alpha value is -1.43. The number of esters is 1. The zero-order chi connectivity index (χ0) is 13.0. The molecule has 1 aromatic heterocycles. The van der Waals surface area contributed by atoms with Crippen molar-refractivity contribution in [2.75, 3.05) is 6.61 Å². The van der Waals surface area contributed by atoms with E-state index in [2.05, 4.69) is 9.72 Å². The van der Waals surface area contributed by atoms with Gasteiger partial charge in [0.05, 0.1) is 12.5 Å². The molecule has 0 aromatic carbocycles. The topological polar surface area (TPSA) is 59.4 Å². The number of alkyl halides is 3. The smallest absolute Gasteiger partial charge is 0.356 e. The van der Waals surface area contributed by atoms with E-state index < -0.39 is 23.8 Å². The fourth-order valence-corrected chi connectivity index (χ4v) is 1.38. The number of carbonyl (C=O) groups excluding carboxylic acids is 1. The fourth-order valence-electron chi connectivity index (χ4n) is 1.18. The average molecular weight is 266 g/mol. The average Bonchev–Trinajstić information content (AvgIpc) is 2.29. The maximum absolute atomic E-state index is 12.6. The van der Waals surface area contributed by atoms with Gasteiger partial charge in [-0.15, -0.1) is 11.6 Å². The van der Waals surface area contributed by atoms with Crippen molar-refractivity contribution in [1.82, 2.24) is 4.98 Å². The van der Waals surface area contributed by atoms with Gasteiger partial charge in [-0.05, 0) is 13.0 Å². The lowest BCUT2D eigenvalue weighted by Gasteiger charge is -2.09. The van der Waals surface area contributed by atoms with Crippen molar-refractivity contribution in [2.45, 2.75) is 19.2 Å². The Labute approximate surface area is 101 Å². The number of aromatic hydroxyl groups is 1. The summed E-state index contributed by atoms with van der Waals surface area (Å²) in [6, 6.07) is 1.13. The van der Waals surface area contributed by atoms with Crippen LogP contribution in [-0.4, -0.2) is 22.7 Å². The third-order valence-corrected chi connectivity index (χ3v) is 2.22. The fraction of sp³-hybridized carbons (Fsp3) is 0.400. The third-order valence-electron chi connectivity index (χ3n) is 1.93. The molecule has 0 saturated carbocycles. The van der Waals surface area contributed by atoms with Gasteiger partial charge in [-0.2, -0.15) is 0 Å². The highest BCUT2D eigenvalue weighted by Gasteiger charge is 2.22. The number of ether oxygens (including phenoxy) is 1. The van der Waals surface area contributed by atoms with Crippen molar-refractivity contribution in [3.8, 4) is 5.75 Å². The Morgan fingerprint density at radius 2 is 2.29 bits per heavy atom. The summed E-state index contributed by atoms with van der Waals surface area (Å²) in [5.41, 5.74) is -1.15. The molecule has 0 bridgehead atoms. The predicted octanol–water partition coefficient (Wildman–Crippen LogP) is 2.64. The molecular weight excluding hydrogens is 256 g/mol. The molecule has 0 unspecified atom stereocenters. The van der Waals surface area contributed by atoms with E-state index in [4.69, 9.17) is 11.6 Å². The zero-order valence-electron chi connectivity index (χ0n) is 8.91. The summed E-state index contributed by atoms with van der Waals surface area (Å²) in [4.78, 5) is 14.7. The highest BCUT2D eigenvalue weighted by Crippen LogP contribution is 2.31. The number of aromatic nitrogens is 1. The SMILES string of the molecule is CCOC(=O)c1cc(CCl)c(O)c(C(F)F)n1. The normalized spacial score (nSPS) is 10.6. The largest absolute Gasteiger partial charge is 0.505 e. The molecule has 0 aliphatic carbocycles. The Kier molecular flexibility index (Phi) is 4.62. The summed E-state index contributed by atoms with van der Waals surface area (Å²) >= 11 is 5.48. The molecule has 0 atom stereocenters. The van der Waals surface area contributed by atoms with Crippen LogP contribution < -0.4 is 0 Å². The molecule has 7 heteroatoms. The number of hydrogen-bond donors (Lipinski definition) is 1. The molecular formula is C10H10ClF2NO3. The Morgan fingerprint density at radius 3 is 2.76 bits per heavy atom. The molecule has 4 nitrogen and oxygen atoms in total. The van der Waals surface area contributed by atoms with Gasteiger partial charge in [0.25, 0.3) is 6.43 Å². The van der Waals surface area contributed by atoms with Crippen LogP contribution in [0.5, 0.6) is 5.75 Å². The van der Waals surface area contributed by atoms with Crippen molar-refractivity contribution in [1.29, 1.82) is 0 Å². The summed E-state index contributed by atoms with van der Waals surface area (Å²) in [5, 5.41) is 9.42. The number of pyridine rings is 1. The number of nitrogens with zero attached hydrogens (tertiary/aromatic N) is 1. The van der Waals surface area contributed by atoms with Crippen LogP contribution >= 0.6 is 11.6 Å². The van der Waals surface area contributed by atoms with Gasteiger partial charge in [0, 0.05) is 5.56 Å². The summed E-state index contributed by atoms with van der Waals surface area (Å²) in [6.45, 7) is 1.68. The van der Waals surface area contributed by atoms with E-state index >= 15 is 0 Å². The standard InChI is InChI=1S/C10H10ClF2NO3/c1-2-17-10(16)6-3-5(4-11)8(15)7(14-6)9(12)13/h3,9,15H,2,4H2,1H3. The first kappa shape index (κ1) is 13.6. The molecule has 94 valence electrons. The summed E-state index contributed by atoms with van der Waals surface area (Å²) in [5.74, 6) is -1.73. The van der Waals surface area contributed by atoms with Crippen molar-refractivity contribution in [3.05, 3.63) is 23.0 Å². The number of rotatable bonds is 4. The van der Waals surface area contributed by atoms with Crippen LogP contribution in [0.4, 0.5) is 8.78 Å². The molecule has 0 amide bonds. The molecule has 0 saturated heterocycles. The maximum Gasteiger partial charge on any atom is 0.356 e. The second-order valence-corrected chi connectivity index (χ2v) is 3.32. The van der Waals surface area contributed by atoms with Crippen LogP contribution in [0, 0.1) is 0 Å². The molecule has 1 rings (SSSR count). The molecule has 0 aliphatic rings. The van der Waals surface area contributed by atoms with Gasteiger partial charge in [0.15, 0.2) is 0 Å². The van der Waals surface area contributed by atoms with E-state index in [0.717, 1.165) is 6.07 Å². The first-order valence-corrected chi connectivity index (χ1v) is 5.28. The Balaban J connectivity index is 3.25. The van der Waals surface area contributed by atoms with Gasteiger partial charge in [0.2, 0.25) is 0 Å². The first-order valence-electron chi connectivity index (χ1n) is 4.75. The second kappa shape index (κ2) is 5.77. The van der Waals surface area contributed by atoms with Gasteiger partial charge in [-0.1, -0.05) is 0 Å². The molecule has 1 heterocycles. The molecule has 17 heavy (non-hydrogen) atoms. The van der Waals surface area contributed by atoms with Crippen LogP contribution in [0.1, 0.15) is 35.1 Å². The van der Waals surface area contributed by atoms with E-state index in [-0.39, 0.29) is 23.7 Å². The molecule has 0 fully saturated rings. The monoisotopic (exact) mass is 265 g/mol. The van der Waals surface area contributed by atoms with Crippen LogP contribution in [0.25, 0.3) is 0 Å². The Bertz CT molecular complexity index is 426. The minimum Gasteiger partial charge on any atom is -0.505 e. The minimum atomic E-state index is -2.99. The van der Waals surface area contributed by atoms with E-state index in [9.17, 15) is 18.7 Å². The van der Waals surface area contributed by atoms with Gasteiger partial charge in [0.1, 0.15) is 17.1 Å². The quantitative estimate of drug-likeness (QED) is 0.672. The van der Waals surface area contributed by atoms with E-state index in [1.807, 2.05) is 0 Å². The number of halogens is 3. The summed E-state index contributed by atoms with van der Waals surface area (Å²) in [6.07, 6.45) is -2.99. The van der Waals surface area contributed by atoms with Crippen LogP contribution in [0.2, 0.25) is 0 Å². The minimum absolute atomic E-state index is 0.0139. The van der Waals surface area contributed by atoms with Gasteiger partial charge < -0.3 is 9.84 Å².